The van der Waals surface area contributed by atoms with Crippen LogP contribution in [0.3, 0.4) is 0 Å². The van der Waals surface area contributed by atoms with Crippen LogP contribution in [0.15, 0.2) is 42.5 Å². The fraction of sp³-hybridized carbons (Fsp3) is 0.150. The Morgan fingerprint density at radius 1 is 1.15 bits per heavy atom. The van der Waals surface area contributed by atoms with Crippen molar-refractivity contribution in [3.05, 3.63) is 63.8 Å². The van der Waals surface area contributed by atoms with Crippen LogP contribution in [0.4, 0.5) is 5.69 Å². The molecule has 3 aromatic rings. The van der Waals surface area contributed by atoms with Gasteiger partial charge < -0.3 is 14.2 Å². The van der Waals surface area contributed by atoms with Crippen molar-refractivity contribution in [2.45, 2.75) is 0 Å². The molecule has 0 saturated carbocycles. The third kappa shape index (κ3) is 3.27. The quantitative estimate of drug-likeness (QED) is 0.512. The number of nitro groups is 1. The first-order chi connectivity index (χ1) is 13.2. The second-order valence-corrected chi connectivity index (χ2v) is 5.92. The predicted molar refractivity (Wildman–Crippen MR) is 101 cm³/mol. The van der Waals surface area contributed by atoms with Crippen molar-refractivity contribution in [2.75, 3.05) is 20.3 Å². The molecule has 7 nitrogen and oxygen atoms in total. The molecule has 0 amide bonds. The highest BCUT2D eigenvalue weighted by Gasteiger charge is 2.17. The van der Waals surface area contributed by atoms with E-state index in [1.54, 1.807) is 31.4 Å². The fourth-order valence-electron chi connectivity index (χ4n) is 2.98. The number of hydrogen-bond donors (Lipinski definition) is 0. The van der Waals surface area contributed by atoms with Crippen molar-refractivity contribution in [3.8, 4) is 17.2 Å². The largest absolute Gasteiger partial charge is 0.493 e. The zero-order valence-corrected chi connectivity index (χ0v) is 14.5. The lowest BCUT2D eigenvalue weighted by Crippen LogP contribution is -2.16. The summed E-state index contributed by atoms with van der Waals surface area (Å²) >= 11 is 0. The summed E-state index contributed by atoms with van der Waals surface area (Å²) in [6.07, 6.45) is 3.72. The number of non-ortho nitro benzene ring substituents is 1. The first-order valence-corrected chi connectivity index (χ1v) is 8.35. The summed E-state index contributed by atoms with van der Waals surface area (Å²) < 4.78 is 16.6. The lowest BCUT2D eigenvalue weighted by Gasteiger charge is -2.20. The number of fused-ring (bicyclic) bond motifs is 2. The standard InChI is InChI=1S/C20H16N2O5/c1-25-18-11-13(12-19-20(18)27-10-9-26-19)5-6-14-7-8-15-16(21-14)3-2-4-17(15)22(23)24/h2-8,11-12H,9-10H2,1H3/b6-5+. The summed E-state index contributed by atoms with van der Waals surface area (Å²) in [5.74, 6) is 1.85. The molecule has 27 heavy (non-hydrogen) atoms. The number of aromatic nitrogens is 1. The summed E-state index contributed by atoms with van der Waals surface area (Å²) in [6, 6.07) is 12.1. The first-order valence-electron chi connectivity index (χ1n) is 8.35. The van der Waals surface area contributed by atoms with E-state index in [-0.39, 0.29) is 5.69 Å². The summed E-state index contributed by atoms with van der Waals surface area (Å²) in [5.41, 5.74) is 2.19. The van der Waals surface area contributed by atoms with Crippen LogP contribution >= 0.6 is 0 Å². The van der Waals surface area contributed by atoms with Crippen LogP contribution in [0.5, 0.6) is 17.2 Å². The number of rotatable bonds is 4. The molecule has 2 aromatic carbocycles. The second kappa shape index (κ2) is 6.95. The van der Waals surface area contributed by atoms with Gasteiger partial charge in [-0.15, -0.1) is 0 Å². The fourth-order valence-corrected chi connectivity index (χ4v) is 2.98. The third-order valence-electron chi connectivity index (χ3n) is 4.22. The predicted octanol–water partition coefficient (Wildman–Crippen LogP) is 4.09. The van der Waals surface area contributed by atoms with Crippen molar-refractivity contribution < 1.29 is 19.1 Å². The molecule has 1 aliphatic heterocycles. The molecule has 0 atom stereocenters. The van der Waals surface area contributed by atoms with Gasteiger partial charge in [-0.3, -0.25) is 10.1 Å². The molecule has 0 fully saturated rings. The minimum absolute atomic E-state index is 0.0482. The number of benzene rings is 2. The summed E-state index contributed by atoms with van der Waals surface area (Å²) in [7, 11) is 1.58. The van der Waals surface area contributed by atoms with Crippen molar-refractivity contribution in [1.29, 1.82) is 0 Å². The number of nitrogens with zero attached hydrogens (tertiary/aromatic N) is 2. The molecular formula is C20H16N2O5. The number of methoxy groups -OCH3 is 1. The molecule has 0 radical (unpaired) electrons. The Bertz CT molecular complexity index is 1040. The topological polar surface area (TPSA) is 83.7 Å². The van der Waals surface area contributed by atoms with E-state index >= 15 is 0 Å². The van der Waals surface area contributed by atoms with Gasteiger partial charge in [0, 0.05) is 6.07 Å². The normalized spacial score (nSPS) is 13.1. The van der Waals surface area contributed by atoms with E-state index in [0.29, 0.717) is 47.1 Å². The maximum atomic E-state index is 11.1. The molecule has 1 aliphatic rings. The van der Waals surface area contributed by atoms with Crippen LogP contribution in [0.1, 0.15) is 11.3 Å². The van der Waals surface area contributed by atoms with Gasteiger partial charge in [0.15, 0.2) is 11.5 Å². The molecular weight excluding hydrogens is 348 g/mol. The van der Waals surface area contributed by atoms with Crippen molar-refractivity contribution in [1.82, 2.24) is 4.98 Å². The first kappa shape index (κ1) is 16.8. The molecule has 1 aromatic heterocycles. The zero-order valence-electron chi connectivity index (χ0n) is 14.5. The Kier molecular flexibility index (Phi) is 4.33. The van der Waals surface area contributed by atoms with Gasteiger partial charge >= 0.3 is 0 Å². The molecule has 136 valence electrons. The van der Waals surface area contributed by atoms with E-state index in [2.05, 4.69) is 4.98 Å². The number of hydrogen-bond acceptors (Lipinski definition) is 6. The summed E-state index contributed by atoms with van der Waals surface area (Å²) in [4.78, 5) is 15.2. The van der Waals surface area contributed by atoms with Crippen LogP contribution in [0.25, 0.3) is 23.1 Å². The molecule has 0 saturated heterocycles. The molecule has 0 aliphatic carbocycles. The average molecular weight is 364 g/mol. The Hall–Kier alpha value is -3.61. The average Bonchev–Trinajstić information content (AvgIpc) is 2.70. The highest BCUT2D eigenvalue weighted by molar-refractivity contribution is 5.89. The second-order valence-electron chi connectivity index (χ2n) is 5.92. The summed E-state index contributed by atoms with van der Waals surface area (Å²) in [6.45, 7) is 0.986. The van der Waals surface area contributed by atoms with Crippen LogP contribution in [0, 0.1) is 10.1 Å². The Balaban J connectivity index is 1.68. The third-order valence-corrected chi connectivity index (χ3v) is 4.22. The molecule has 0 spiro atoms. The Labute approximate surface area is 155 Å². The van der Waals surface area contributed by atoms with E-state index in [4.69, 9.17) is 14.2 Å². The Morgan fingerprint density at radius 3 is 2.81 bits per heavy atom. The molecule has 2 heterocycles. The molecule has 7 heteroatoms. The van der Waals surface area contributed by atoms with E-state index in [9.17, 15) is 10.1 Å². The monoisotopic (exact) mass is 364 g/mol. The lowest BCUT2D eigenvalue weighted by atomic mass is 10.1. The van der Waals surface area contributed by atoms with Crippen LogP contribution in [-0.2, 0) is 0 Å². The van der Waals surface area contributed by atoms with Crippen LogP contribution in [-0.4, -0.2) is 30.2 Å². The van der Waals surface area contributed by atoms with Gasteiger partial charge in [0.2, 0.25) is 5.75 Å². The molecule has 4 rings (SSSR count). The van der Waals surface area contributed by atoms with Crippen molar-refractivity contribution in [2.24, 2.45) is 0 Å². The van der Waals surface area contributed by atoms with Gasteiger partial charge in [-0.1, -0.05) is 12.1 Å². The minimum atomic E-state index is -0.402. The number of ether oxygens (including phenoxy) is 3. The van der Waals surface area contributed by atoms with Gasteiger partial charge in [-0.05, 0) is 42.0 Å². The van der Waals surface area contributed by atoms with Gasteiger partial charge in [0.25, 0.3) is 5.69 Å². The summed E-state index contributed by atoms with van der Waals surface area (Å²) in [5, 5.41) is 11.6. The smallest absolute Gasteiger partial charge is 0.278 e. The van der Waals surface area contributed by atoms with E-state index < -0.39 is 4.92 Å². The van der Waals surface area contributed by atoms with Gasteiger partial charge in [-0.2, -0.15) is 0 Å². The van der Waals surface area contributed by atoms with Gasteiger partial charge in [0.05, 0.1) is 28.6 Å². The minimum Gasteiger partial charge on any atom is -0.493 e. The van der Waals surface area contributed by atoms with Gasteiger partial charge in [-0.25, -0.2) is 4.98 Å². The highest BCUT2D eigenvalue weighted by atomic mass is 16.6. The van der Waals surface area contributed by atoms with Crippen molar-refractivity contribution >= 4 is 28.7 Å². The Morgan fingerprint density at radius 2 is 2.00 bits per heavy atom. The lowest BCUT2D eigenvalue weighted by molar-refractivity contribution is -0.383. The maximum Gasteiger partial charge on any atom is 0.278 e. The van der Waals surface area contributed by atoms with Crippen LogP contribution in [0.2, 0.25) is 0 Å². The van der Waals surface area contributed by atoms with E-state index in [1.807, 2.05) is 24.3 Å². The molecule has 0 bridgehead atoms. The van der Waals surface area contributed by atoms with E-state index in [0.717, 1.165) is 5.56 Å². The molecule has 0 unspecified atom stereocenters. The number of pyridine rings is 1. The maximum absolute atomic E-state index is 11.1. The zero-order chi connectivity index (χ0) is 18.8. The number of nitro benzene ring substituents is 1. The SMILES string of the molecule is COc1cc(/C=C/c2ccc3c([N+](=O)[O-])cccc3n2)cc2c1OCCO2. The van der Waals surface area contributed by atoms with E-state index in [1.165, 1.54) is 6.07 Å². The van der Waals surface area contributed by atoms with Crippen LogP contribution < -0.4 is 14.2 Å². The molecule has 0 N–H and O–H groups in total. The van der Waals surface area contributed by atoms with Crippen molar-refractivity contribution in [3.63, 3.8) is 0 Å². The highest BCUT2D eigenvalue weighted by Crippen LogP contribution is 2.40. The van der Waals surface area contributed by atoms with Gasteiger partial charge in [0.1, 0.15) is 13.2 Å².